The molecule has 0 amide bonds. The number of aromatic carboxylic acids is 1. The number of rotatable bonds is 5. The van der Waals surface area contributed by atoms with Crippen LogP contribution in [0.25, 0.3) is 11.4 Å². The molecule has 23 heavy (non-hydrogen) atoms. The van der Waals surface area contributed by atoms with E-state index in [2.05, 4.69) is 20.3 Å². The average Bonchev–Trinajstić information content (AvgIpc) is 2.61. The van der Waals surface area contributed by atoms with Crippen molar-refractivity contribution in [1.29, 1.82) is 0 Å². The first-order valence-electron chi connectivity index (χ1n) is 7.03. The molecular formula is C17H14N4O2. The zero-order chi connectivity index (χ0) is 16.1. The van der Waals surface area contributed by atoms with Crippen LogP contribution in [-0.2, 0) is 6.54 Å². The van der Waals surface area contributed by atoms with Crippen molar-refractivity contribution in [2.45, 2.75) is 6.54 Å². The number of nitrogens with zero attached hydrogens (tertiary/aromatic N) is 3. The molecule has 0 saturated carbocycles. The summed E-state index contributed by atoms with van der Waals surface area (Å²) in [4.78, 5) is 23.7. The Balaban J connectivity index is 1.90. The summed E-state index contributed by atoms with van der Waals surface area (Å²) < 4.78 is 0. The van der Waals surface area contributed by atoms with Gasteiger partial charge in [0.05, 0.1) is 0 Å². The van der Waals surface area contributed by atoms with Crippen molar-refractivity contribution in [2.24, 2.45) is 0 Å². The molecule has 2 aromatic heterocycles. The maximum Gasteiger partial charge on any atom is 0.354 e. The molecule has 2 heterocycles. The highest BCUT2D eigenvalue weighted by Crippen LogP contribution is 2.18. The molecule has 2 N–H and O–H groups in total. The quantitative estimate of drug-likeness (QED) is 0.753. The van der Waals surface area contributed by atoms with Gasteiger partial charge in [-0.3, -0.25) is 4.98 Å². The van der Waals surface area contributed by atoms with Crippen LogP contribution in [-0.4, -0.2) is 26.0 Å². The van der Waals surface area contributed by atoms with Crippen LogP contribution in [0.1, 0.15) is 16.1 Å². The number of pyridine rings is 1. The van der Waals surface area contributed by atoms with E-state index < -0.39 is 5.97 Å². The van der Waals surface area contributed by atoms with Crippen molar-refractivity contribution in [3.8, 4) is 11.4 Å². The SMILES string of the molecule is O=C(O)c1cc(NCc2ccccc2)nc(-c2ccncc2)n1. The van der Waals surface area contributed by atoms with E-state index >= 15 is 0 Å². The van der Waals surface area contributed by atoms with E-state index in [-0.39, 0.29) is 5.69 Å². The number of hydrogen-bond acceptors (Lipinski definition) is 5. The summed E-state index contributed by atoms with van der Waals surface area (Å²) in [5, 5.41) is 12.4. The van der Waals surface area contributed by atoms with E-state index in [4.69, 9.17) is 0 Å². The van der Waals surface area contributed by atoms with Gasteiger partial charge < -0.3 is 10.4 Å². The lowest BCUT2D eigenvalue weighted by Crippen LogP contribution is -2.08. The minimum absolute atomic E-state index is 0.0534. The van der Waals surface area contributed by atoms with Gasteiger partial charge in [-0.05, 0) is 17.7 Å². The maximum atomic E-state index is 11.3. The lowest BCUT2D eigenvalue weighted by molar-refractivity contribution is 0.0690. The molecule has 3 aromatic rings. The van der Waals surface area contributed by atoms with Crippen LogP contribution in [0.15, 0.2) is 60.9 Å². The monoisotopic (exact) mass is 306 g/mol. The molecule has 0 aliphatic carbocycles. The summed E-state index contributed by atoms with van der Waals surface area (Å²) in [6, 6.07) is 14.7. The van der Waals surface area contributed by atoms with Gasteiger partial charge in [0, 0.05) is 30.6 Å². The van der Waals surface area contributed by atoms with Crippen LogP contribution in [0.2, 0.25) is 0 Å². The topological polar surface area (TPSA) is 88.0 Å². The van der Waals surface area contributed by atoms with Crippen molar-refractivity contribution >= 4 is 11.8 Å². The molecule has 1 aromatic carbocycles. The third-order valence-corrected chi connectivity index (χ3v) is 3.20. The predicted molar refractivity (Wildman–Crippen MR) is 86.0 cm³/mol. The van der Waals surface area contributed by atoms with Crippen molar-refractivity contribution in [1.82, 2.24) is 15.0 Å². The summed E-state index contributed by atoms with van der Waals surface area (Å²) in [5.74, 6) is -0.276. The highest BCUT2D eigenvalue weighted by molar-refractivity contribution is 5.86. The summed E-state index contributed by atoms with van der Waals surface area (Å²) >= 11 is 0. The molecule has 0 saturated heterocycles. The van der Waals surface area contributed by atoms with Gasteiger partial charge in [-0.1, -0.05) is 30.3 Å². The molecule has 0 aliphatic heterocycles. The first kappa shape index (κ1) is 14.6. The molecule has 114 valence electrons. The lowest BCUT2D eigenvalue weighted by Gasteiger charge is -2.09. The van der Waals surface area contributed by atoms with Crippen LogP contribution in [0, 0.1) is 0 Å². The minimum atomic E-state index is -1.09. The van der Waals surface area contributed by atoms with Gasteiger partial charge in [-0.2, -0.15) is 0 Å². The molecule has 6 heteroatoms. The van der Waals surface area contributed by atoms with Crippen LogP contribution in [0.4, 0.5) is 5.82 Å². The fraction of sp³-hybridized carbons (Fsp3) is 0.0588. The maximum absolute atomic E-state index is 11.3. The molecule has 0 unspecified atom stereocenters. The largest absolute Gasteiger partial charge is 0.477 e. The Morgan fingerprint density at radius 3 is 2.48 bits per heavy atom. The first-order chi connectivity index (χ1) is 11.2. The molecule has 0 fully saturated rings. The Labute approximate surface area is 132 Å². The molecular weight excluding hydrogens is 292 g/mol. The second kappa shape index (κ2) is 6.65. The van der Waals surface area contributed by atoms with Gasteiger partial charge in [-0.25, -0.2) is 14.8 Å². The Bertz CT molecular complexity index is 807. The Kier molecular flexibility index (Phi) is 4.24. The number of anilines is 1. The van der Waals surface area contributed by atoms with Crippen LogP contribution in [0.5, 0.6) is 0 Å². The minimum Gasteiger partial charge on any atom is -0.477 e. The summed E-state index contributed by atoms with van der Waals surface area (Å²) in [7, 11) is 0. The highest BCUT2D eigenvalue weighted by atomic mass is 16.4. The van der Waals surface area contributed by atoms with Gasteiger partial charge in [0.2, 0.25) is 0 Å². The fourth-order valence-corrected chi connectivity index (χ4v) is 2.07. The number of carboxylic acids is 1. The molecule has 0 aliphatic rings. The van der Waals surface area contributed by atoms with E-state index in [0.717, 1.165) is 5.56 Å². The van der Waals surface area contributed by atoms with Crippen molar-refractivity contribution in [3.63, 3.8) is 0 Å². The zero-order valence-corrected chi connectivity index (χ0v) is 12.2. The van der Waals surface area contributed by atoms with Gasteiger partial charge >= 0.3 is 5.97 Å². The summed E-state index contributed by atoms with van der Waals surface area (Å²) in [6.45, 7) is 0.548. The highest BCUT2D eigenvalue weighted by Gasteiger charge is 2.11. The molecule has 0 radical (unpaired) electrons. The molecule has 0 spiro atoms. The lowest BCUT2D eigenvalue weighted by atomic mass is 10.2. The molecule has 0 atom stereocenters. The van der Waals surface area contributed by atoms with E-state index in [1.807, 2.05) is 30.3 Å². The zero-order valence-electron chi connectivity index (χ0n) is 12.2. The second-order valence-electron chi connectivity index (χ2n) is 4.84. The standard InChI is InChI=1S/C17H14N4O2/c22-17(23)14-10-15(19-11-12-4-2-1-3-5-12)21-16(20-14)13-6-8-18-9-7-13/h1-10H,11H2,(H,22,23)(H,19,20,21). The summed E-state index contributed by atoms with van der Waals surface area (Å²) in [6.07, 6.45) is 3.23. The van der Waals surface area contributed by atoms with Gasteiger partial charge in [0.25, 0.3) is 0 Å². The van der Waals surface area contributed by atoms with E-state index in [0.29, 0.717) is 23.8 Å². The number of aromatic nitrogens is 3. The van der Waals surface area contributed by atoms with Crippen LogP contribution >= 0.6 is 0 Å². The molecule has 3 rings (SSSR count). The van der Waals surface area contributed by atoms with Crippen LogP contribution in [0.3, 0.4) is 0 Å². The number of carbonyl (C=O) groups is 1. The number of nitrogens with one attached hydrogen (secondary N) is 1. The van der Waals surface area contributed by atoms with Gasteiger partial charge in [0.1, 0.15) is 5.82 Å². The molecule has 6 nitrogen and oxygen atoms in total. The normalized spacial score (nSPS) is 10.3. The fourth-order valence-electron chi connectivity index (χ4n) is 2.07. The van der Waals surface area contributed by atoms with Gasteiger partial charge in [-0.15, -0.1) is 0 Å². The van der Waals surface area contributed by atoms with Gasteiger partial charge in [0.15, 0.2) is 11.5 Å². The third-order valence-electron chi connectivity index (χ3n) is 3.20. The third kappa shape index (κ3) is 3.68. The van der Waals surface area contributed by atoms with Crippen molar-refractivity contribution in [3.05, 3.63) is 72.2 Å². The van der Waals surface area contributed by atoms with Crippen molar-refractivity contribution < 1.29 is 9.90 Å². The number of benzene rings is 1. The molecule has 0 bridgehead atoms. The van der Waals surface area contributed by atoms with Crippen LogP contribution < -0.4 is 5.32 Å². The average molecular weight is 306 g/mol. The van der Waals surface area contributed by atoms with Crippen molar-refractivity contribution in [2.75, 3.05) is 5.32 Å². The first-order valence-corrected chi connectivity index (χ1v) is 7.03. The number of hydrogen-bond donors (Lipinski definition) is 2. The Morgan fingerprint density at radius 2 is 1.78 bits per heavy atom. The van der Waals surface area contributed by atoms with E-state index in [9.17, 15) is 9.90 Å². The smallest absolute Gasteiger partial charge is 0.354 e. The number of carboxylic acid groups (broad SMARTS) is 1. The van der Waals surface area contributed by atoms with E-state index in [1.165, 1.54) is 6.07 Å². The summed E-state index contributed by atoms with van der Waals surface area (Å²) in [5.41, 5.74) is 1.74. The second-order valence-corrected chi connectivity index (χ2v) is 4.84. The Hall–Kier alpha value is -3.28. The Morgan fingerprint density at radius 1 is 1.04 bits per heavy atom. The predicted octanol–water partition coefficient (Wildman–Crippen LogP) is 2.85. The van der Waals surface area contributed by atoms with E-state index in [1.54, 1.807) is 24.5 Å².